The van der Waals surface area contributed by atoms with E-state index in [1.54, 1.807) is 24.3 Å². The number of esters is 1. The van der Waals surface area contributed by atoms with E-state index in [1.807, 2.05) is 18.2 Å². The SMILES string of the molecule is COC(=O)c1ccc(NC(=O)CSc2nc3ccc(Nc4nc(N5CCOCC5)nc(N5CCOCC5)n4)cc3s2)cc1. The number of benzene rings is 2. The maximum atomic E-state index is 12.5. The Hall–Kier alpha value is -4.05. The van der Waals surface area contributed by atoms with Crippen molar-refractivity contribution in [2.45, 2.75) is 4.34 Å². The van der Waals surface area contributed by atoms with Gasteiger partial charge in [0.05, 0.1) is 55.1 Å². The molecule has 0 bridgehead atoms. The van der Waals surface area contributed by atoms with Gasteiger partial charge in [0.15, 0.2) is 4.34 Å². The molecule has 2 saturated heterocycles. The van der Waals surface area contributed by atoms with Gasteiger partial charge in [0, 0.05) is 37.6 Å². The summed E-state index contributed by atoms with van der Waals surface area (Å²) in [7, 11) is 1.33. The minimum atomic E-state index is -0.425. The van der Waals surface area contributed by atoms with Crippen LogP contribution in [0.15, 0.2) is 46.8 Å². The Morgan fingerprint density at radius 2 is 1.51 bits per heavy atom. The van der Waals surface area contributed by atoms with Crippen LogP contribution >= 0.6 is 23.1 Å². The lowest BCUT2D eigenvalue weighted by Gasteiger charge is -2.30. The van der Waals surface area contributed by atoms with Crippen molar-refractivity contribution in [2.75, 3.05) is 85.9 Å². The lowest BCUT2D eigenvalue weighted by atomic mass is 10.2. The van der Waals surface area contributed by atoms with Gasteiger partial charge in [-0.1, -0.05) is 11.8 Å². The highest BCUT2D eigenvalue weighted by molar-refractivity contribution is 8.01. The van der Waals surface area contributed by atoms with Gasteiger partial charge in [-0.25, -0.2) is 9.78 Å². The summed E-state index contributed by atoms with van der Waals surface area (Å²) in [6.45, 7) is 5.42. The molecule has 2 aliphatic rings. The smallest absolute Gasteiger partial charge is 0.337 e. The van der Waals surface area contributed by atoms with Gasteiger partial charge in [-0.15, -0.1) is 11.3 Å². The second kappa shape index (κ2) is 13.5. The van der Waals surface area contributed by atoms with Gasteiger partial charge in [0.1, 0.15) is 0 Å². The fraction of sp³-hybridized carbons (Fsp3) is 0.357. The summed E-state index contributed by atoms with van der Waals surface area (Å²) in [5.74, 6) is 1.32. The summed E-state index contributed by atoms with van der Waals surface area (Å²) in [4.78, 5) is 47.2. The van der Waals surface area contributed by atoms with Crippen LogP contribution in [0.3, 0.4) is 0 Å². The molecule has 2 aromatic carbocycles. The van der Waals surface area contributed by atoms with E-state index in [-0.39, 0.29) is 11.7 Å². The molecule has 0 aliphatic carbocycles. The third kappa shape index (κ3) is 7.30. The highest BCUT2D eigenvalue weighted by Gasteiger charge is 2.21. The number of nitrogens with zero attached hydrogens (tertiary/aromatic N) is 6. The predicted molar refractivity (Wildman–Crippen MR) is 166 cm³/mol. The van der Waals surface area contributed by atoms with E-state index in [4.69, 9.17) is 29.2 Å². The van der Waals surface area contributed by atoms with Crippen LogP contribution in [0.25, 0.3) is 10.2 Å². The van der Waals surface area contributed by atoms with Gasteiger partial charge in [-0.05, 0) is 42.5 Å². The van der Waals surface area contributed by atoms with Crippen LogP contribution in [-0.4, -0.2) is 97.3 Å². The number of anilines is 5. The van der Waals surface area contributed by atoms with E-state index in [0.29, 0.717) is 55.5 Å². The van der Waals surface area contributed by atoms with Crippen LogP contribution in [0.5, 0.6) is 0 Å². The summed E-state index contributed by atoms with van der Waals surface area (Å²) < 4.78 is 17.5. The number of thiazole rings is 1. The first-order valence-corrected chi connectivity index (χ1v) is 15.5. The largest absolute Gasteiger partial charge is 0.465 e. The van der Waals surface area contributed by atoms with Crippen LogP contribution < -0.4 is 20.4 Å². The number of aromatic nitrogens is 4. The van der Waals surface area contributed by atoms with E-state index in [1.165, 1.54) is 30.2 Å². The number of thioether (sulfide) groups is 1. The van der Waals surface area contributed by atoms with Crippen LogP contribution in [-0.2, 0) is 19.0 Å². The zero-order valence-corrected chi connectivity index (χ0v) is 25.1. The first-order valence-electron chi connectivity index (χ1n) is 13.7. The normalized spacial score (nSPS) is 15.4. The van der Waals surface area contributed by atoms with Gasteiger partial charge in [0.2, 0.25) is 23.8 Å². The molecule has 13 nitrogen and oxygen atoms in total. The third-order valence-corrected chi connectivity index (χ3v) is 8.90. The second-order valence-electron chi connectivity index (χ2n) is 9.65. The van der Waals surface area contributed by atoms with Crippen molar-refractivity contribution in [1.29, 1.82) is 0 Å². The molecule has 2 aliphatic heterocycles. The summed E-state index contributed by atoms with van der Waals surface area (Å²) in [5.41, 5.74) is 2.69. The van der Waals surface area contributed by atoms with Gasteiger partial charge in [-0.2, -0.15) is 15.0 Å². The molecule has 1 amide bonds. The van der Waals surface area contributed by atoms with Crippen molar-refractivity contribution in [1.82, 2.24) is 19.9 Å². The first kappa shape index (κ1) is 29.0. The Bertz CT molecular complexity index is 1550. The topological polar surface area (TPSA) is 144 Å². The number of carbonyl (C=O) groups is 2. The molecule has 4 aromatic rings. The average molecular weight is 623 g/mol. The number of morpholine rings is 2. The molecular weight excluding hydrogens is 592 g/mol. The molecular formula is C28H30N8O5S2. The molecule has 2 N–H and O–H groups in total. The molecule has 6 rings (SSSR count). The van der Waals surface area contributed by atoms with Crippen molar-refractivity contribution in [3.63, 3.8) is 0 Å². The summed E-state index contributed by atoms with van der Waals surface area (Å²) in [6.07, 6.45) is 0. The number of hydrogen-bond donors (Lipinski definition) is 2. The summed E-state index contributed by atoms with van der Waals surface area (Å²) in [6, 6.07) is 12.4. The van der Waals surface area contributed by atoms with Crippen molar-refractivity contribution in [3.05, 3.63) is 48.0 Å². The monoisotopic (exact) mass is 622 g/mol. The zero-order chi connectivity index (χ0) is 29.6. The van der Waals surface area contributed by atoms with E-state index in [2.05, 4.69) is 25.4 Å². The molecule has 0 spiro atoms. The number of ether oxygens (including phenoxy) is 3. The van der Waals surface area contributed by atoms with Crippen LogP contribution in [0.1, 0.15) is 10.4 Å². The van der Waals surface area contributed by atoms with Crippen molar-refractivity contribution in [3.8, 4) is 0 Å². The van der Waals surface area contributed by atoms with E-state index >= 15 is 0 Å². The van der Waals surface area contributed by atoms with Gasteiger partial charge in [0.25, 0.3) is 0 Å². The van der Waals surface area contributed by atoms with Gasteiger partial charge < -0.3 is 34.6 Å². The summed E-state index contributed by atoms with van der Waals surface area (Å²) >= 11 is 2.88. The Kier molecular flexibility index (Phi) is 9.12. The number of carbonyl (C=O) groups excluding carboxylic acids is 2. The number of hydrogen-bond acceptors (Lipinski definition) is 14. The van der Waals surface area contributed by atoms with Crippen molar-refractivity contribution < 1.29 is 23.8 Å². The molecule has 0 radical (unpaired) electrons. The highest BCUT2D eigenvalue weighted by Crippen LogP contribution is 2.32. The standard InChI is InChI=1S/C28H30N8O5S2/c1-39-24(38)18-2-4-19(5-3-18)29-23(37)17-42-28-31-21-7-6-20(16-22(21)43-28)30-25-32-26(35-8-12-40-13-9-35)34-27(33-25)36-10-14-41-15-11-36/h2-7,16H,8-15,17H2,1H3,(H,29,37)(H,30,32,33,34). The fourth-order valence-electron chi connectivity index (χ4n) is 4.52. The van der Waals surface area contributed by atoms with E-state index in [0.717, 1.165) is 46.4 Å². The Morgan fingerprint density at radius 3 is 2.14 bits per heavy atom. The maximum absolute atomic E-state index is 12.5. The second-order valence-corrected chi connectivity index (χ2v) is 11.9. The molecule has 0 atom stereocenters. The van der Waals surface area contributed by atoms with E-state index < -0.39 is 5.97 Å². The minimum Gasteiger partial charge on any atom is -0.465 e. The number of amides is 1. The molecule has 2 aromatic heterocycles. The van der Waals surface area contributed by atoms with Crippen LogP contribution in [0, 0.1) is 0 Å². The predicted octanol–water partition coefficient (Wildman–Crippen LogP) is 3.42. The molecule has 4 heterocycles. The van der Waals surface area contributed by atoms with Crippen LogP contribution in [0.4, 0.5) is 29.2 Å². The lowest BCUT2D eigenvalue weighted by molar-refractivity contribution is -0.113. The van der Waals surface area contributed by atoms with Crippen LogP contribution in [0.2, 0.25) is 0 Å². The third-order valence-electron chi connectivity index (χ3n) is 6.74. The maximum Gasteiger partial charge on any atom is 0.337 e. The minimum absolute atomic E-state index is 0.167. The Balaban J connectivity index is 1.12. The van der Waals surface area contributed by atoms with Crippen molar-refractivity contribution >= 4 is 74.4 Å². The zero-order valence-electron chi connectivity index (χ0n) is 23.4. The number of methoxy groups -OCH3 is 1. The number of nitrogens with one attached hydrogen (secondary N) is 2. The van der Waals surface area contributed by atoms with Gasteiger partial charge >= 0.3 is 5.97 Å². The average Bonchev–Trinajstić information content (AvgIpc) is 3.47. The Morgan fingerprint density at radius 1 is 0.884 bits per heavy atom. The fourth-order valence-corrected chi connectivity index (χ4v) is 6.43. The molecule has 43 heavy (non-hydrogen) atoms. The quantitative estimate of drug-likeness (QED) is 0.208. The highest BCUT2D eigenvalue weighted by atomic mass is 32.2. The molecule has 2 fully saturated rings. The van der Waals surface area contributed by atoms with Gasteiger partial charge in [-0.3, -0.25) is 4.79 Å². The number of fused-ring (bicyclic) bond motifs is 1. The van der Waals surface area contributed by atoms with E-state index in [9.17, 15) is 9.59 Å². The first-order chi connectivity index (χ1) is 21.0. The Labute approximate surface area is 256 Å². The molecule has 224 valence electrons. The molecule has 15 heteroatoms. The number of rotatable bonds is 9. The molecule has 0 unspecified atom stereocenters. The van der Waals surface area contributed by atoms with Crippen molar-refractivity contribution in [2.24, 2.45) is 0 Å². The summed E-state index contributed by atoms with van der Waals surface area (Å²) in [5, 5.41) is 6.20. The molecule has 0 saturated carbocycles. The lowest BCUT2D eigenvalue weighted by Crippen LogP contribution is -2.40.